The lowest BCUT2D eigenvalue weighted by atomic mass is 10.0. The lowest BCUT2D eigenvalue weighted by molar-refractivity contribution is -0.149. The van der Waals surface area contributed by atoms with E-state index < -0.39 is 12.2 Å². The van der Waals surface area contributed by atoms with Crippen LogP contribution in [0.5, 0.6) is 0 Å². The largest absolute Gasteiger partial charge is 0.407 e. The van der Waals surface area contributed by atoms with E-state index in [1.165, 1.54) is 19.1 Å². The molecule has 0 amide bonds. The Balaban J connectivity index is 3.14. The number of alkyl halides is 3. The average molecular weight is 204 g/mol. The van der Waals surface area contributed by atoms with E-state index in [-0.39, 0.29) is 5.56 Å². The maximum atomic E-state index is 12.3. The summed E-state index contributed by atoms with van der Waals surface area (Å²) < 4.78 is 36.8. The molecule has 78 valence electrons. The van der Waals surface area contributed by atoms with Crippen molar-refractivity contribution < 1.29 is 13.2 Å². The smallest absolute Gasteiger partial charge is 0.399 e. The second kappa shape index (κ2) is 3.49. The lowest BCUT2D eigenvalue weighted by Crippen LogP contribution is -2.29. The summed E-state index contributed by atoms with van der Waals surface area (Å²) in [6, 6.07) is 2.38. The fourth-order valence-electron chi connectivity index (χ4n) is 1.19. The van der Waals surface area contributed by atoms with Gasteiger partial charge in [0.1, 0.15) is 6.04 Å². The van der Waals surface area contributed by atoms with Crippen LogP contribution in [-0.4, -0.2) is 6.18 Å². The van der Waals surface area contributed by atoms with E-state index >= 15 is 0 Å². The first-order valence-corrected chi connectivity index (χ1v) is 4.01. The molecule has 0 radical (unpaired) electrons. The highest BCUT2D eigenvalue weighted by Gasteiger charge is 2.38. The quantitative estimate of drug-likeness (QED) is 0.688. The fourth-order valence-corrected chi connectivity index (χ4v) is 1.19. The van der Waals surface area contributed by atoms with E-state index in [4.69, 9.17) is 11.5 Å². The molecule has 0 aliphatic carbocycles. The summed E-state index contributed by atoms with van der Waals surface area (Å²) in [4.78, 5) is 0. The maximum absolute atomic E-state index is 12.3. The minimum Gasteiger partial charge on any atom is -0.399 e. The number of anilines is 1. The second-order valence-electron chi connectivity index (χ2n) is 3.08. The molecular formula is C9H11F3N2. The normalized spacial score (nSPS) is 14.1. The van der Waals surface area contributed by atoms with E-state index in [0.717, 1.165) is 0 Å². The van der Waals surface area contributed by atoms with Crippen molar-refractivity contribution in [1.29, 1.82) is 0 Å². The predicted molar refractivity (Wildman–Crippen MR) is 48.6 cm³/mol. The lowest BCUT2D eigenvalue weighted by Gasteiger charge is -2.18. The third-order valence-corrected chi connectivity index (χ3v) is 2.11. The molecule has 1 aromatic carbocycles. The average Bonchev–Trinajstić information content (AvgIpc) is 2.07. The Bertz CT molecular complexity index is 333. The number of benzene rings is 1. The summed E-state index contributed by atoms with van der Waals surface area (Å²) in [5.74, 6) is 0. The van der Waals surface area contributed by atoms with Gasteiger partial charge in [-0.2, -0.15) is 13.2 Å². The van der Waals surface area contributed by atoms with Gasteiger partial charge in [0.2, 0.25) is 0 Å². The predicted octanol–water partition coefficient (Wildman–Crippen LogP) is 2.14. The van der Waals surface area contributed by atoms with Crippen LogP contribution in [0.15, 0.2) is 18.2 Å². The molecule has 2 nitrogen and oxygen atoms in total. The van der Waals surface area contributed by atoms with Gasteiger partial charge in [-0.15, -0.1) is 0 Å². The first-order chi connectivity index (χ1) is 6.34. The van der Waals surface area contributed by atoms with Crippen LogP contribution < -0.4 is 11.5 Å². The zero-order valence-electron chi connectivity index (χ0n) is 7.60. The molecule has 1 rings (SSSR count). The van der Waals surface area contributed by atoms with E-state index in [1.54, 1.807) is 6.07 Å². The van der Waals surface area contributed by atoms with Crippen LogP contribution in [0.2, 0.25) is 0 Å². The molecule has 0 bridgehead atoms. The highest BCUT2D eigenvalue weighted by molar-refractivity contribution is 5.51. The van der Waals surface area contributed by atoms with Crippen LogP contribution in [-0.2, 0) is 0 Å². The number of rotatable bonds is 1. The van der Waals surface area contributed by atoms with Crippen molar-refractivity contribution in [2.24, 2.45) is 5.73 Å². The molecule has 0 unspecified atom stereocenters. The highest BCUT2D eigenvalue weighted by atomic mass is 19.4. The fraction of sp³-hybridized carbons (Fsp3) is 0.333. The van der Waals surface area contributed by atoms with Crippen molar-refractivity contribution in [1.82, 2.24) is 0 Å². The molecule has 4 N–H and O–H groups in total. The third-order valence-electron chi connectivity index (χ3n) is 2.11. The molecule has 0 aliphatic heterocycles. The van der Waals surface area contributed by atoms with E-state index in [0.29, 0.717) is 11.3 Å². The van der Waals surface area contributed by atoms with Crippen LogP contribution >= 0.6 is 0 Å². The number of hydrogen-bond donors (Lipinski definition) is 2. The third kappa shape index (κ3) is 1.98. The molecule has 1 aromatic rings. The van der Waals surface area contributed by atoms with Gasteiger partial charge in [0, 0.05) is 5.69 Å². The van der Waals surface area contributed by atoms with Gasteiger partial charge in [-0.25, -0.2) is 0 Å². The van der Waals surface area contributed by atoms with Gasteiger partial charge in [-0.05, 0) is 24.1 Å². The molecule has 0 aromatic heterocycles. The van der Waals surface area contributed by atoms with E-state index in [1.807, 2.05) is 0 Å². The zero-order chi connectivity index (χ0) is 10.9. The summed E-state index contributed by atoms with van der Waals surface area (Å²) in [6.07, 6.45) is -4.43. The minimum absolute atomic E-state index is 0.0255. The Hall–Kier alpha value is -1.23. The van der Waals surface area contributed by atoms with Gasteiger partial charge >= 0.3 is 6.18 Å². The Morgan fingerprint density at radius 2 is 1.86 bits per heavy atom. The molecule has 5 heteroatoms. The Morgan fingerprint density at radius 3 is 2.36 bits per heavy atom. The van der Waals surface area contributed by atoms with Crippen LogP contribution in [0.1, 0.15) is 17.2 Å². The van der Waals surface area contributed by atoms with Gasteiger partial charge in [0.15, 0.2) is 0 Å². The summed E-state index contributed by atoms with van der Waals surface area (Å²) in [5.41, 5.74) is 11.3. The van der Waals surface area contributed by atoms with Crippen molar-refractivity contribution in [3.05, 3.63) is 29.3 Å². The van der Waals surface area contributed by atoms with Crippen molar-refractivity contribution in [2.45, 2.75) is 19.1 Å². The SMILES string of the molecule is Cc1c(N)cccc1[C@H](N)C(F)(F)F. The van der Waals surface area contributed by atoms with Gasteiger partial charge in [-0.3, -0.25) is 0 Å². The number of nitrogen functional groups attached to an aromatic ring is 1. The van der Waals surface area contributed by atoms with Gasteiger partial charge in [0.05, 0.1) is 0 Å². The van der Waals surface area contributed by atoms with Crippen LogP contribution in [0.3, 0.4) is 0 Å². The summed E-state index contributed by atoms with van der Waals surface area (Å²) >= 11 is 0. The molecule has 0 aliphatic rings. The molecular weight excluding hydrogens is 193 g/mol. The summed E-state index contributed by atoms with van der Waals surface area (Å²) in [5, 5.41) is 0. The number of hydrogen-bond acceptors (Lipinski definition) is 2. The van der Waals surface area contributed by atoms with Crippen molar-refractivity contribution in [2.75, 3.05) is 5.73 Å². The van der Waals surface area contributed by atoms with Crippen molar-refractivity contribution in [3.8, 4) is 0 Å². The standard InChI is InChI=1S/C9H11F3N2/c1-5-6(3-2-4-7(5)13)8(14)9(10,11)12/h2-4,8H,13-14H2,1H3/t8-/m0/s1. The van der Waals surface area contributed by atoms with Gasteiger partial charge in [-0.1, -0.05) is 12.1 Å². The molecule has 0 saturated carbocycles. The minimum atomic E-state index is -4.43. The summed E-state index contributed by atoms with van der Waals surface area (Å²) in [6.45, 7) is 1.52. The molecule has 1 atom stereocenters. The van der Waals surface area contributed by atoms with Crippen molar-refractivity contribution >= 4 is 5.69 Å². The van der Waals surface area contributed by atoms with Crippen LogP contribution in [0.25, 0.3) is 0 Å². The first kappa shape index (κ1) is 10.8. The molecule has 0 fully saturated rings. The maximum Gasteiger partial charge on any atom is 0.407 e. The molecule has 0 heterocycles. The van der Waals surface area contributed by atoms with Crippen molar-refractivity contribution in [3.63, 3.8) is 0 Å². The molecule has 14 heavy (non-hydrogen) atoms. The topological polar surface area (TPSA) is 52.0 Å². The van der Waals surface area contributed by atoms with Crippen LogP contribution in [0.4, 0.5) is 18.9 Å². The zero-order valence-corrected chi connectivity index (χ0v) is 7.60. The van der Waals surface area contributed by atoms with E-state index in [9.17, 15) is 13.2 Å². The van der Waals surface area contributed by atoms with Crippen LogP contribution in [0, 0.1) is 6.92 Å². The second-order valence-corrected chi connectivity index (χ2v) is 3.08. The number of nitrogens with two attached hydrogens (primary N) is 2. The van der Waals surface area contributed by atoms with E-state index in [2.05, 4.69) is 0 Å². The number of halogens is 3. The molecule has 0 saturated heterocycles. The van der Waals surface area contributed by atoms with Gasteiger partial charge in [0.25, 0.3) is 0 Å². The Morgan fingerprint density at radius 1 is 1.29 bits per heavy atom. The Kier molecular flexibility index (Phi) is 2.71. The first-order valence-electron chi connectivity index (χ1n) is 4.01. The monoisotopic (exact) mass is 204 g/mol. The highest BCUT2D eigenvalue weighted by Crippen LogP contribution is 2.33. The van der Waals surface area contributed by atoms with Gasteiger partial charge < -0.3 is 11.5 Å². The Labute approximate surface area is 79.7 Å². The molecule has 0 spiro atoms. The summed E-state index contributed by atoms with van der Waals surface area (Å²) in [7, 11) is 0.